The van der Waals surface area contributed by atoms with Gasteiger partial charge in [-0.05, 0) is 90.3 Å². The Morgan fingerprint density at radius 3 is 1.13 bits per heavy atom. The number of aromatic carboxylic acids is 1. The molecule has 0 spiro atoms. The minimum absolute atomic E-state index is 0.0662. The number of hydrogen-bond acceptors (Lipinski definition) is 25. The van der Waals surface area contributed by atoms with Gasteiger partial charge in [0.2, 0.25) is 23.8 Å². The fourth-order valence-electron chi connectivity index (χ4n) is 9.76. The van der Waals surface area contributed by atoms with Gasteiger partial charge in [0.15, 0.2) is 34.0 Å². The number of rotatable bonds is 17. The van der Waals surface area contributed by atoms with E-state index in [0.717, 1.165) is 41.7 Å². The van der Waals surface area contributed by atoms with Gasteiger partial charge >= 0.3 is 5.97 Å². The number of thiazole rings is 3. The first-order valence-corrected chi connectivity index (χ1v) is 31.1. The minimum Gasteiger partial charge on any atom is -0.476 e. The van der Waals surface area contributed by atoms with Gasteiger partial charge in [-0.25, -0.2) is 47.9 Å². The van der Waals surface area contributed by atoms with E-state index in [2.05, 4.69) is 86.4 Å². The van der Waals surface area contributed by atoms with Gasteiger partial charge in [0.25, 0.3) is 11.8 Å². The zero-order valence-electron chi connectivity index (χ0n) is 50.8. The van der Waals surface area contributed by atoms with E-state index in [1.54, 1.807) is 56.8 Å². The van der Waals surface area contributed by atoms with Gasteiger partial charge in [0.1, 0.15) is 43.1 Å². The fraction of sp³-hybridized carbons (Fsp3) is 0.390. The standard InChI is InChI=1S/2C20H21FN6O2S.C14H12FN5O2S.C5H10N2O/c2*1-10(28)4-13-8-27(9-13)19(29)16-17-18(24-12(3)30-17)26-20(25-16)23-11(2)14-5-15(21)7-22-6-14;1-6(8-3-9(15)5-16-4-8)17-14-19-10(13(21)22)11-12(20-14)18-7(2)23-11;1-4(8)7-5-2-6-3-5/h2*5-7,11,13H,4,8-9H2,1-3H3,(H,23,25,26);3-6H,1-2H3,(H,21,22)(H,17,19,20);5-6H,2-3H2,1H3,(H,7,8)/t2*11-;6-;/m000./s1. The van der Waals surface area contributed by atoms with Gasteiger partial charge in [-0.1, -0.05) is 0 Å². The van der Waals surface area contributed by atoms with E-state index in [9.17, 15) is 47.0 Å². The molecule has 26 nitrogen and oxygen atoms in total. The van der Waals surface area contributed by atoms with Gasteiger partial charge in [0, 0.05) is 89.5 Å². The molecule has 32 heteroatoms. The molecule has 0 saturated carbocycles. The fourth-order valence-corrected chi connectivity index (χ4v) is 12.3. The molecule has 3 aliphatic rings. The quantitative estimate of drug-likeness (QED) is 0.0500. The van der Waals surface area contributed by atoms with Crippen LogP contribution in [0.1, 0.15) is 136 Å². The summed E-state index contributed by atoms with van der Waals surface area (Å²) in [5.74, 6) is -1.53. The predicted octanol–water partition coefficient (Wildman–Crippen LogP) is 8.20. The van der Waals surface area contributed by atoms with Crippen molar-refractivity contribution in [1.29, 1.82) is 0 Å². The number of halogens is 3. The van der Waals surface area contributed by atoms with Crippen molar-refractivity contribution in [2.24, 2.45) is 11.8 Å². The molecule has 0 unspecified atom stereocenters. The van der Waals surface area contributed by atoms with E-state index in [1.807, 2.05) is 27.7 Å². The van der Waals surface area contributed by atoms with Crippen LogP contribution in [-0.2, 0) is 14.4 Å². The number of nitrogens with zero attached hydrogens (tertiary/aromatic N) is 14. The lowest BCUT2D eigenvalue weighted by Gasteiger charge is -2.38. The number of pyridine rings is 3. The zero-order valence-corrected chi connectivity index (χ0v) is 53.3. The van der Waals surface area contributed by atoms with E-state index >= 15 is 0 Å². The number of aryl methyl sites for hydroxylation is 3. The molecule has 0 bridgehead atoms. The lowest BCUT2D eigenvalue weighted by atomic mass is 9.94. The van der Waals surface area contributed by atoms with Crippen molar-refractivity contribution >= 4 is 118 Å². The third-order valence-corrected chi connectivity index (χ3v) is 17.1. The number of Topliss-reactive ketones (excluding diaryl/α,β-unsaturated/α-hetero) is 2. The van der Waals surface area contributed by atoms with Crippen LogP contribution >= 0.6 is 34.0 Å². The van der Waals surface area contributed by atoms with Crippen molar-refractivity contribution < 1.29 is 47.0 Å². The number of fused-ring (bicyclic) bond motifs is 3. The molecule has 12 rings (SSSR count). The largest absolute Gasteiger partial charge is 0.476 e. The van der Waals surface area contributed by atoms with Crippen LogP contribution in [0.25, 0.3) is 31.0 Å². The Kier molecular flexibility index (Phi) is 21.2. The number of carboxylic acids is 1. The molecule has 476 valence electrons. The van der Waals surface area contributed by atoms with Crippen LogP contribution in [-0.4, -0.2) is 155 Å². The smallest absolute Gasteiger partial charge is 0.356 e. The van der Waals surface area contributed by atoms with Crippen LogP contribution in [0, 0.1) is 50.1 Å². The lowest BCUT2D eigenvalue weighted by molar-refractivity contribution is -0.120. The molecule has 12 heterocycles. The SMILES string of the molecule is CC(=O)CC1CN(C(=O)c2nc(N[C@@H](C)c3cncc(F)c3)nc3nc(C)sc23)C1.CC(=O)CC1CN(C(=O)c2nc(N[C@@H](C)c3cncc(F)c3)nc3nc(C)sc23)C1.CC(=O)NC1CNC1.Cc1nc2nc(N[C@@H](C)c3cncc(F)c3)nc(C(=O)O)c2s1. The highest BCUT2D eigenvalue weighted by Gasteiger charge is 2.36. The maximum absolute atomic E-state index is 13.5. The van der Waals surface area contributed by atoms with Gasteiger partial charge in [-0.15, -0.1) is 34.0 Å². The summed E-state index contributed by atoms with van der Waals surface area (Å²) in [7, 11) is 0. The number of aromatic nitrogens is 12. The van der Waals surface area contributed by atoms with E-state index in [0.29, 0.717) is 109 Å². The van der Waals surface area contributed by atoms with Gasteiger partial charge in [-0.3, -0.25) is 29.3 Å². The molecule has 6 N–H and O–H groups in total. The van der Waals surface area contributed by atoms with E-state index < -0.39 is 23.4 Å². The molecule has 9 aromatic rings. The van der Waals surface area contributed by atoms with Crippen LogP contribution < -0.4 is 26.6 Å². The summed E-state index contributed by atoms with van der Waals surface area (Å²) in [6.07, 6.45) is 8.99. The van der Waals surface area contributed by atoms with Gasteiger partial charge < -0.3 is 51.1 Å². The average Bonchev–Trinajstić information content (AvgIpc) is 1.78. The van der Waals surface area contributed by atoms with E-state index in [-0.39, 0.29) is 82.8 Å². The molecule has 3 atom stereocenters. The van der Waals surface area contributed by atoms with Gasteiger partial charge in [-0.2, -0.15) is 15.0 Å². The summed E-state index contributed by atoms with van der Waals surface area (Å²) in [4.78, 5) is 124. The third kappa shape index (κ3) is 17.2. The number of hydrogen-bond donors (Lipinski definition) is 6. The first-order valence-electron chi connectivity index (χ1n) is 28.7. The molecule has 9 aromatic heterocycles. The first kappa shape index (κ1) is 66.2. The Hall–Kier alpha value is -9.27. The van der Waals surface area contributed by atoms with Crippen LogP contribution in [0.2, 0.25) is 0 Å². The number of likely N-dealkylation sites (tertiary alicyclic amines) is 2. The number of carboxylic acid groups (broad SMARTS) is 1. The van der Waals surface area contributed by atoms with Crippen molar-refractivity contribution in [3.05, 3.63) is 122 Å². The van der Waals surface area contributed by atoms with Crippen molar-refractivity contribution in [2.45, 2.75) is 99.3 Å². The van der Waals surface area contributed by atoms with E-state index in [1.165, 1.54) is 58.4 Å². The minimum atomic E-state index is -1.15. The van der Waals surface area contributed by atoms with Gasteiger partial charge in [0.05, 0.1) is 57.8 Å². The molecule has 3 fully saturated rings. The maximum Gasteiger partial charge on any atom is 0.356 e. The highest BCUT2D eigenvalue weighted by atomic mass is 32.1. The highest BCUT2D eigenvalue weighted by Crippen LogP contribution is 2.32. The molecule has 3 saturated heterocycles. The Morgan fingerprint density at radius 2 is 0.857 bits per heavy atom. The number of ketones is 2. The van der Waals surface area contributed by atoms with Crippen LogP contribution in [0.4, 0.5) is 31.0 Å². The van der Waals surface area contributed by atoms with Crippen LogP contribution in [0.15, 0.2) is 55.4 Å². The molecule has 3 amide bonds. The maximum atomic E-state index is 13.5. The third-order valence-electron chi connectivity index (χ3n) is 14.2. The van der Waals surface area contributed by atoms with Crippen LogP contribution in [0.5, 0.6) is 0 Å². The normalized spacial score (nSPS) is 14.8. The number of amides is 3. The van der Waals surface area contributed by atoms with Crippen molar-refractivity contribution in [1.82, 2.24) is 80.2 Å². The molecular formula is C59H64F3N19O7S3. The Balaban J connectivity index is 0.000000153. The topological polar surface area (TPSA) is 344 Å². The molecule has 0 aromatic carbocycles. The molecule has 0 aliphatic carbocycles. The summed E-state index contributed by atoms with van der Waals surface area (Å²) in [5, 5.41) is 26.6. The summed E-state index contributed by atoms with van der Waals surface area (Å²) in [5.41, 5.74) is 3.57. The second-order valence-corrected chi connectivity index (χ2v) is 25.7. The number of nitrogens with one attached hydrogen (secondary N) is 5. The van der Waals surface area contributed by atoms with Crippen molar-refractivity contribution in [3.8, 4) is 0 Å². The summed E-state index contributed by atoms with van der Waals surface area (Å²) < 4.78 is 41.9. The number of carbonyl (C=O) groups is 6. The summed E-state index contributed by atoms with van der Waals surface area (Å²) in [6, 6.07) is 3.52. The molecule has 91 heavy (non-hydrogen) atoms. The average molecular weight is 1300 g/mol. The summed E-state index contributed by atoms with van der Waals surface area (Å²) in [6.45, 7) is 19.6. The van der Waals surface area contributed by atoms with Crippen molar-refractivity contribution in [2.75, 3.05) is 55.2 Å². The monoisotopic (exact) mass is 1300 g/mol. The van der Waals surface area contributed by atoms with Crippen LogP contribution in [0.3, 0.4) is 0 Å². The van der Waals surface area contributed by atoms with Crippen molar-refractivity contribution in [3.63, 3.8) is 0 Å². The number of anilines is 3. The number of carbonyl (C=O) groups excluding carboxylic acids is 5. The molecular weight excluding hydrogens is 1240 g/mol. The summed E-state index contributed by atoms with van der Waals surface area (Å²) >= 11 is 3.97. The second kappa shape index (κ2) is 29.1. The first-order chi connectivity index (χ1) is 43.3. The Bertz CT molecular complexity index is 4020. The second-order valence-electron chi connectivity index (χ2n) is 22.1. The molecule has 0 radical (unpaired) electrons. The highest BCUT2D eigenvalue weighted by molar-refractivity contribution is 7.19. The Labute approximate surface area is 530 Å². The zero-order chi connectivity index (χ0) is 65.4. The predicted molar refractivity (Wildman–Crippen MR) is 335 cm³/mol. The lowest BCUT2D eigenvalue weighted by Crippen LogP contribution is -2.56. The Morgan fingerprint density at radius 1 is 0.527 bits per heavy atom. The molecule has 3 aliphatic heterocycles. The van der Waals surface area contributed by atoms with E-state index in [4.69, 9.17) is 0 Å².